The van der Waals surface area contributed by atoms with Crippen molar-refractivity contribution in [3.8, 4) is 17.2 Å². The van der Waals surface area contributed by atoms with Gasteiger partial charge in [0.1, 0.15) is 5.75 Å². The Morgan fingerprint density at radius 2 is 1.93 bits per heavy atom. The van der Waals surface area contributed by atoms with E-state index in [9.17, 15) is 18.0 Å². The Balaban J connectivity index is 1.67. The van der Waals surface area contributed by atoms with Gasteiger partial charge in [0, 0.05) is 6.54 Å². The predicted octanol–water partition coefficient (Wildman–Crippen LogP) is 4.15. The average molecular weight is 382 g/mol. The number of benzene rings is 2. The minimum atomic E-state index is -4.52. The Kier molecular flexibility index (Phi) is 5.29. The summed E-state index contributed by atoms with van der Waals surface area (Å²) in [5, 5.41) is 4.98. The highest BCUT2D eigenvalue weighted by atomic mass is 19.4. The highest BCUT2D eigenvalue weighted by Gasteiger charge is 2.31. The van der Waals surface area contributed by atoms with Crippen LogP contribution in [0.15, 0.2) is 36.4 Å². The average Bonchev–Trinajstić information content (AvgIpc) is 3.08. The van der Waals surface area contributed by atoms with Gasteiger partial charge < -0.3 is 24.8 Å². The van der Waals surface area contributed by atoms with E-state index in [-0.39, 0.29) is 31.4 Å². The molecule has 0 bridgehead atoms. The first-order chi connectivity index (χ1) is 12.9. The number of halogens is 3. The molecule has 27 heavy (non-hydrogen) atoms. The second-order valence-electron chi connectivity index (χ2n) is 5.64. The maximum absolute atomic E-state index is 12.9. The molecule has 0 radical (unpaired) electrons. The molecule has 2 aromatic carbocycles. The molecule has 3 rings (SSSR count). The number of nitrogens with one attached hydrogen (secondary N) is 2. The summed E-state index contributed by atoms with van der Waals surface area (Å²) in [6.45, 7) is 2.24. The van der Waals surface area contributed by atoms with Crippen LogP contribution in [0.4, 0.5) is 23.7 Å². The van der Waals surface area contributed by atoms with Gasteiger partial charge in [-0.25, -0.2) is 4.79 Å². The van der Waals surface area contributed by atoms with Crippen LogP contribution in [0.5, 0.6) is 17.2 Å². The van der Waals surface area contributed by atoms with E-state index in [0.717, 1.165) is 17.7 Å². The van der Waals surface area contributed by atoms with Crippen molar-refractivity contribution >= 4 is 11.7 Å². The molecule has 0 saturated carbocycles. The number of urea groups is 1. The molecular formula is C18H17F3N2O4. The lowest BCUT2D eigenvalue weighted by molar-refractivity contribution is -0.137. The molecule has 6 nitrogen and oxygen atoms in total. The second kappa shape index (κ2) is 7.65. The predicted molar refractivity (Wildman–Crippen MR) is 91.0 cm³/mol. The van der Waals surface area contributed by atoms with E-state index in [4.69, 9.17) is 14.2 Å². The van der Waals surface area contributed by atoms with Gasteiger partial charge in [0.05, 0.1) is 17.9 Å². The van der Waals surface area contributed by atoms with E-state index in [0.29, 0.717) is 11.5 Å². The molecule has 2 amide bonds. The summed E-state index contributed by atoms with van der Waals surface area (Å²) in [7, 11) is 0. The Bertz CT molecular complexity index is 840. The largest absolute Gasteiger partial charge is 0.492 e. The van der Waals surface area contributed by atoms with Crippen molar-refractivity contribution in [3.63, 3.8) is 0 Å². The Labute approximate surface area is 153 Å². The summed E-state index contributed by atoms with van der Waals surface area (Å²) < 4.78 is 54.5. The van der Waals surface area contributed by atoms with Gasteiger partial charge in [0.2, 0.25) is 6.79 Å². The van der Waals surface area contributed by atoms with Crippen LogP contribution in [-0.4, -0.2) is 19.4 Å². The topological polar surface area (TPSA) is 68.8 Å². The van der Waals surface area contributed by atoms with E-state index < -0.39 is 17.8 Å². The van der Waals surface area contributed by atoms with E-state index >= 15 is 0 Å². The van der Waals surface area contributed by atoms with E-state index in [1.54, 1.807) is 25.1 Å². The fraction of sp³-hybridized carbons (Fsp3) is 0.278. The number of carbonyl (C=O) groups excluding carboxylic acids is 1. The SMILES string of the molecule is CCOc1ccc(C(F)(F)F)cc1NC(=O)NCc1ccc2c(c1)OCO2. The minimum Gasteiger partial charge on any atom is -0.492 e. The summed E-state index contributed by atoms with van der Waals surface area (Å²) in [5.41, 5.74) is -0.185. The lowest BCUT2D eigenvalue weighted by Gasteiger charge is -2.15. The summed E-state index contributed by atoms with van der Waals surface area (Å²) >= 11 is 0. The Morgan fingerprint density at radius 1 is 1.15 bits per heavy atom. The van der Waals surface area contributed by atoms with Crippen molar-refractivity contribution in [2.45, 2.75) is 19.6 Å². The van der Waals surface area contributed by atoms with E-state index in [1.165, 1.54) is 6.07 Å². The third kappa shape index (κ3) is 4.55. The molecule has 0 aromatic heterocycles. The molecule has 0 unspecified atom stereocenters. The van der Waals surface area contributed by atoms with E-state index in [2.05, 4.69) is 10.6 Å². The highest BCUT2D eigenvalue weighted by molar-refractivity contribution is 5.91. The first-order valence-corrected chi connectivity index (χ1v) is 8.14. The van der Waals surface area contributed by atoms with Crippen LogP contribution in [0.1, 0.15) is 18.1 Å². The number of alkyl halides is 3. The van der Waals surface area contributed by atoms with Gasteiger partial charge in [-0.2, -0.15) is 13.2 Å². The number of hydrogen-bond acceptors (Lipinski definition) is 4. The van der Waals surface area contributed by atoms with Crippen molar-refractivity contribution in [2.75, 3.05) is 18.7 Å². The molecule has 1 aliphatic rings. The molecule has 0 atom stereocenters. The van der Waals surface area contributed by atoms with Gasteiger partial charge in [0.15, 0.2) is 11.5 Å². The maximum atomic E-state index is 12.9. The summed E-state index contributed by atoms with van der Waals surface area (Å²) in [6, 6.07) is 7.46. The second-order valence-corrected chi connectivity index (χ2v) is 5.64. The zero-order chi connectivity index (χ0) is 19.4. The third-order valence-electron chi connectivity index (χ3n) is 3.74. The van der Waals surface area contributed by atoms with Crippen LogP contribution < -0.4 is 24.8 Å². The van der Waals surface area contributed by atoms with Crippen LogP contribution >= 0.6 is 0 Å². The van der Waals surface area contributed by atoms with Gasteiger partial charge in [-0.15, -0.1) is 0 Å². The molecular weight excluding hydrogens is 365 g/mol. The number of anilines is 1. The lowest BCUT2D eigenvalue weighted by Crippen LogP contribution is -2.28. The number of amides is 2. The third-order valence-corrected chi connectivity index (χ3v) is 3.74. The fourth-order valence-corrected chi connectivity index (χ4v) is 2.49. The summed E-state index contributed by atoms with van der Waals surface area (Å²) in [5.74, 6) is 1.35. The van der Waals surface area contributed by atoms with Gasteiger partial charge >= 0.3 is 12.2 Å². The molecule has 1 aliphatic heterocycles. The van der Waals surface area contributed by atoms with E-state index in [1.807, 2.05) is 0 Å². The quantitative estimate of drug-likeness (QED) is 0.815. The van der Waals surface area contributed by atoms with Crippen molar-refractivity contribution in [1.82, 2.24) is 5.32 Å². The molecule has 0 aliphatic carbocycles. The van der Waals surface area contributed by atoms with Crippen LogP contribution in [0, 0.1) is 0 Å². The number of carbonyl (C=O) groups is 1. The molecule has 1 heterocycles. The van der Waals surface area contributed by atoms with Crippen molar-refractivity contribution in [3.05, 3.63) is 47.5 Å². The smallest absolute Gasteiger partial charge is 0.416 e. The molecule has 144 valence electrons. The summed E-state index contributed by atoms with van der Waals surface area (Å²) in [6.07, 6.45) is -4.52. The first kappa shape index (κ1) is 18.7. The van der Waals surface area contributed by atoms with Gasteiger partial charge in [-0.05, 0) is 42.8 Å². The van der Waals surface area contributed by atoms with Crippen molar-refractivity contribution in [1.29, 1.82) is 0 Å². The van der Waals surface area contributed by atoms with Crippen molar-refractivity contribution < 1.29 is 32.2 Å². The number of ether oxygens (including phenoxy) is 3. The van der Waals surface area contributed by atoms with Gasteiger partial charge in [0.25, 0.3) is 0 Å². The van der Waals surface area contributed by atoms with Crippen LogP contribution in [-0.2, 0) is 12.7 Å². The fourth-order valence-electron chi connectivity index (χ4n) is 2.49. The molecule has 0 saturated heterocycles. The summed E-state index contributed by atoms with van der Waals surface area (Å²) in [4.78, 5) is 12.1. The van der Waals surface area contributed by atoms with Crippen molar-refractivity contribution in [2.24, 2.45) is 0 Å². The molecule has 0 spiro atoms. The standard InChI is InChI=1S/C18H17F3N2O4/c1-2-25-14-6-4-12(18(19,20)21)8-13(14)23-17(24)22-9-11-3-5-15-16(7-11)27-10-26-15/h3-8H,2,9-10H2,1H3,(H2,22,23,24). The highest BCUT2D eigenvalue weighted by Crippen LogP contribution is 2.35. The monoisotopic (exact) mass is 382 g/mol. The Morgan fingerprint density at radius 3 is 2.67 bits per heavy atom. The normalized spacial score (nSPS) is 12.6. The minimum absolute atomic E-state index is 0.0603. The van der Waals surface area contributed by atoms with Gasteiger partial charge in [-0.1, -0.05) is 6.07 Å². The van der Waals surface area contributed by atoms with Crippen LogP contribution in [0.2, 0.25) is 0 Å². The molecule has 2 N–H and O–H groups in total. The zero-order valence-corrected chi connectivity index (χ0v) is 14.4. The number of rotatable bonds is 5. The number of hydrogen-bond donors (Lipinski definition) is 2. The van der Waals surface area contributed by atoms with Crippen LogP contribution in [0.25, 0.3) is 0 Å². The molecule has 0 fully saturated rings. The van der Waals surface area contributed by atoms with Crippen LogP contribution in [0.3, 0.4) is 0 Å². The molecule has 9 heteroatoms. The maximum Gasteiger partial charge on any atom is 0.416 e. The lowest BCUT2D eigenvalue weighted by atomic mass is 10.1. The zero-order valence-electron chi connectivity index (χ0n) is 14.4. The Hall–Kier alpha value is -3.10. The first-order valence-electron chi connectivity index (χ1n) is 8.14. The number of fused-ring (bicyclic) bond motifs is 1. The molecule has 2 aromatic rings. The van der Waals surface area contributed by atoms with Gasteiger partial charge in [-0.3, -0.25) is 0 Å².